The summed E-state index contributed by atoms with van der Waals surface area (Å²) < 4.78 is 0. The monoisotopic (exact) mass is 249 g/mol. The van der Waals surface area contributed by atoms with Crippen molar-refractivity contribution >= 4 is 17.6 Å². The average molecular weight is 249 g/mol. The molecule has 4 nitrogen and oxygen atoms in total. The molecule has 0 atom stereocenters. The lowest BCUT2D eigenvalue weighted by molar-refractivity contribution is -0.120. The second kappa shape index (κ2) is 5.21. The summed E-state index contributed by atoms with van der Waals surface area (Å²) in [5.41, 5.74) is 0.449. The summed E-state index contributed by atoms with van der Waals surface area (Å²) in [7, 11) is 1.61. The Bertz CT molecular complexity index is 460. The zero-order chi connectivity index (χ0) is 13.9. The Kier molecular flexibility index (Phi) is 4.11. The van der Waals surface area contributed by atoms with Gasteiger partial charge in [0.1, 0.15) is 0 Å². The molecule has 0 unspecified atom stereocenters. The van der Waals surface area contributed by atoms with Crippen LogP contribution in [-0.2, 0) is 4.79 Å². The molecular formula is C14H19NO3. The fourth-order valence-electron chi connectivity index (χ4n) is 1.65. The van der Waals surface area contributed by atoms with Crippen LogP contribution in [0.25, 0.3) is 0 Å². The van der Waals surface area contributed by atoms with E-state index in [9.17, 15) is 9.59 Å². The van der Waals surface area contributed by atoms with Crippen LogP contribution in [0.5, 0.6) is 0 Å². The van der Waals surface area contributed by atoms with Gasteiger partial charge >= 0.3 is 5.97 Å². The molecule has 0 aromatic heterocycles. The van der Waals surface area contributed by atoms with Crippen LogP contribution in [0.15, 0.2) is 24.3 Å². The molecule has 98 valence electrons. The Balaban J connectivity index is 3.00. The van der Waals surface area contributed by atoms with Gasteiger partial charge in [-0.15, -0.1) is 0 Å². The fourth-order valence-corrected chi connectivity index (χ4v) is 1.65. The highest BCUT2D eigenvalue weighted by Crippen LogP contribution is 2.24. The molecule has 0 spiro atoms. The number of anilines is 1. The predicted molar refractivity (Wildman–Crippen MR) is 70.9 cm³/mol. The van der Waals surface area contributed by atoms with Crippen molar-refractivity contribution in [3.8, 4) is 0 Å². The molecular weight excluding hydrogens is 230 g/mol. The van der Waals surface area contributed by atoms with E-state index in [1.165, 1.54) is 11.0 Å². The molecule has 18 heavy (non-hydrogen) atoms. The Morgan fingerprint density at radius 2 is 1.78 bits per heavy atom. The zero-order valence-electron chi connectivity index (χ0n) is 11.2. The third-order valence-corrected chi connectivity index (χ3v) is 2.55. The second-order valence-corrected chi connectivity index (χ2v) is 5.51. The van der Waals surface area contributed by atoms with Crippen LogP contribution in [0.2, 0.25) is 0 Å². The number of carbonyl (C=O) groups is 2. The van der Waals surface area contributed by atoms with E-state index in [0.717, 1.165) is 0 Å². The molecule has 0 saturated carbocycles. The van der Waals surface area contributed by atoms with Crippen LogP contribution in [0.1, 0.15) is 37.6 Å². The van der Waals surface area contributed by atoms with Gasteiger partial charge < -0.3 is 10.0 Å². The number of carbonyl (C=O) groups excluding carboxylic acids is 1. The van der Waals surface area contributed by atoms with Gasteiger partial charge in [0, 0.05) is 13.5 Å². The van der Waals surface area contributed by atoms with Gasteiger partial charge in [-0.1, -0.05) is 32.9 Å². The first-order valence-electron chi connectivity index (χ1n) is 5.81. The highest BCUT2D eigenvalue weighted by Gasteiger charge is 2.22. The summed E-state index contributed by atoms with van der Waals surface area (Å²) in [6, 6.07) is 6.51. The molecule has 0 saturated heterocycles. The predicted octanol–water partition coefficient (Wildman–Crippen LogP) is 2.78. The number of carboxylic acid groups (broad SMARTS) is 1. The highest BCUT2D eigenvalue weighted by atomic mass is 16.4. The van der Waals surface area contributed by atoms with Gasteiger partial charge in [-0.05, 0) is 17.5 Å². The number of nitrogens with zero attached hydrogens (tertiary/aromatic N) is 1. The molecule has 0 aliphatic carbocycles. The molecule has 1 aromatic carbocycles. The van der Waals surface area contributed by atoms with Crippen molar-refractivity contribution < 1.29 is 14.7 Å². The molecule has 4 heteroatoms. The van der Waals surface area contributed by atoms with E-state index < -0.39 is 5.97 Å². The Hall–Kier alpha value is -1.84. The summed E-state index contributed by atoms with van der Waals surface area (Å²) >= 11 is 0. The van der Waals surface area contributed by atoms with Crippen molar-refractivity contribution in [1.82, 2.24) is 0 Å². The van der Waals surface area contributed by atoms with E-state index in [1.807, 2.05) is 20.8 Å². The minimum atomic E-state index is -1.03. The van der Waals surface area contributed by atoms with Gasteiger partial charge in [-0.25, -0.2) is 4.79 Å². The van der Waals surface area contributed by atoms with Gasteiger partial charge in [0.25, 0.3) is 0 Å². The van der Waals surface area contributed by atoms with Gasteiger partial charge in [0.15, 0.2) is 0 Å². The van der Waals surface area contributed by atoms with Crippen LogP contribution in [0.3, 0.4) is 0 Å². The second-order valence-electron chi connectivity index (χ2n) is 5.51. The molecule has 1 rings (SSSR count). The van der Waals surface area contributed by atoms with Crippen molar-refractivity contribution in [2.24, 2.45) is 5.41 Å². The molecule has 0 aliphatic rings. The number of carboxylic acids is 1. The smallest absolute Gasteiger partial charge is 0.337 e. The fraction of sp³-hybridized carbons (Fsp3) is 0.429. The van der Waals surface area contributed by atoms with Crippen LogP contribution in [0, 0.1) is 5.41 Å². The van der Waals surface area contributed by atoms with Gasteiger partial charge in [0.05, 0.1) is 11.3 Å². The number of hydrogen-bond acceptors (Lipinski definition) is 2. The van der Waals surface area contributed by atoms with E-state index in [1.54, 1.807) is 25.2 Å². The summed E-state index contributed by atoms with van der Waals surface area (Å²) in [5.74, 6) is -1.11. The van der Waals surface area contributed by atoms with Crippen molar-refractivity contribution in [3.05, 3.63) is 29.8 Å². The molecule has 1 amide bonds. The number of para-hydroxylation sites is 1. The Morgan fingerprint density at radius 3 is 2.28 bits per heavy atom. The third-order valence-electron chi connectivity index (χ3n) is 2.55. The van der Waals surface area contributed by atoms with Crippen molar-refractivity contribution in [1.29, 1.82) is 0 Å². The summed E-state index contributed by atoms with van der Waals surface area (Å²) in [4.78, 5) is 24.6. The molecule has 0 fully saturated rings. The molecule has 1 aromatic rings. The van der Waals surface area contributed by atoms with E-state index in [-0.39, 0.29) is 16.9 Å². The third kappa shape index (κ3) is 3.58. The maximum absolute atomic E-state index is 12.1. The number of amides is 1. The largest absolute Gasteiger partial charge is 0.478 e. The number of rotatable bonds is 3. The number of benzene rings is 1. The standard InChI is InChI=1S/C14H19NO3/c1-14(2,3)9-12(16)15(4)11-8-6-5-7-10(11)13(17)18/h5-8H,9H2,1-4H3,(H,17,18). The van der Waals surface area contributed by atoms with E-state index in [2.05, 4.69) is 0 Å². The number of hydrogen-bond donors (Lipinski definition) is 1. The van der Waals surface area contributed by atoms with E-state index >= 15 is 0 Å². The maximum atomic E-state index is 12.1. The molecule has 0 radical (unpaired) electrons. The first-order valence-corrected chi connectivity index (χ1v) is 5.81. The molecule has 0 bridgehead atoms. The van der Waals surface area contributed by atoms with Crippen molar-refractivity contribution in [2.75, 3.05) is 11.9 Å². The van der Waals surface area contributed by atoms with Crippen molar-refractivity contribution in [3.63, 3.8) is 0 Å². The quantitative estimate of drug-likeness (QED) is 0.896. The van der Waals surface area contributed by atoms with Gasteiger partial charge in [-0.3, -0.25) is 4.79 Å². The normalized spacial score (nSPS) is 11.1. The average Bonchev–Trinajstić information content (AvgIpc) is 2.25. The summed E-state index contributed by atoms with van der Waals surface area (Å²) in [5, 5.41) is 9.09. The van der Waals surface area contributed by atoms with Gasteiger partial charge in [0.2, 0.25) is 5.91 Å². The lowest BCUT2D eigenvalue weighted by atomic mass is 9.91. The lowest BCUT2D eigenvalue weighted by Crippen LogP contribution is -2.31. The summed E-state index contributed by atoms with van der Waals surface area (Å²) in [6.07, 6.45) is 0.372. The van der Waals surface area contributed by atoms with Crippen LogP contribution < -0.4 is 4.90 Å². The van der Waals surface area contributed by atoms with E-state index in [4.69, 9.17) is 5.11 Å². The van der Waals surface area contributed by atoms with Gasteiger partial charge in [-0.2, -0.15) is 0 Å². The van der Waals surface area contributed by atoms with Crippen LogP contribution in [0.4, 0.5) is 5.69 Å². The maximum Gasteiger partial charge on any atom is 0.337 e. The zero-order valence-corrected chi connectivity index (χ0v) is 11.2. The lowest BCUT2D eigenvalue weighted by Gasteiger charge is -2.24. The van der Waals surface area contributed by atoms with E-state index in [0.29, 0.717) is 12.1 Å². The molecule has 1 N–H and O–H groups in total. The topological polar surface area (TPSA) is 57.6 Å². The molecule has 0 heterocycles. The minimum Gasteiger partial charge on any atom is -0.478 e. The first kappa shape index (κ1) is 14.2. The Labute approximate surface area is 107 Å². The Morgan fingerprint density at radius 1 is 1.22 bits per heavy atom. The minimum absolute atomic E-state index is 0.0869. The van der Waals surface area contributed by atoms with Crippen molar-refractivity contribution in [2.45, 2.75) is 27.2 Å². The number of aromatic carboxylic acids is 1. The highest BCUT2D eigenvalue weighted by molar-refractivity contribution is 6.01. The first-order chi connectivity index (χ1) is 8.22. The van der Waals surface area contributed by atoms with Crippen LogP contribution in [-0.4, -0.2) is 24.0 Å². The molecule has 0 aliphatic heterocycles. The SMILES string of the molecule is CN(C(=O)CC(C)(C)C)c1ccccc1C(=O)O. The van der Waals surface area contributed by atoms with Crippen LogP contribution >= 0.6 is 0 Å². The summed E-state index contributed by atoms with van der Waals surface area (Å²) in [6.45, 7) is 5.92.